The van der Waals surface area contributed by atoms with Crippen LogP contribution in [0.2, 0.25) is 0 Å². The van der Waals surface area contributed by atoms with Gasteiger partial charge in [-0.1, -0.05) is 0 Å². The molecule has 0 radical (unpaired) electrons. The molecular weight excluding hydrogens is 384 g/mol. The zero-order chi connectivity index (χ0) is 10.7. The fourth-order valence-electron chi connectivity index (χ4n) is 0.248. The minimum Gasteiger partial charge on any atom is -0.119 e. The molecule has 0 aromatic carbocycles. The van der Waals surface area contributed by atoms with Crippen molar-refractivity contribution in [2.24, 2.45) is 0 Å². The van der Waals surface area contributed by atoms with E-state index in [-0.39, 0.29) is 32.5 Å². The molecule has 0 atom stereocenters. The van der Waals surface area contributed by atoms with Crippen LogP contribution in [-0.2, 0) is 47.6 Å². The normalized spacial score (nSPS) is 8.38. The number of carbonyl (C=O) groups excluding carboxylic acids is 1. The van der Waals surface area contributed by atoms with E-state index in [0.29, 0.717) is 13.2 Å². The maximum atomic E-state index is 10.3. The summed E-state index contributed by atoms with van der Waals surface area (Å²) in [7, 11) is -1.83. The van der Waals surface area contributed by atoms with Crippen LogP contribution in [0.4, 0.5) is 0 Å². The van der Waals surface area contributed by atoms with Crippen molar-refractivity contribution in [2.45, 2.75) is 20.8 Å². The number of hydrogen-bond acceptors (Lipinski definition) is 5. The Morgan fingerprint density at radius 1 is 1.31 bits per heavy atom. The smallest absolute Gasteiger partial charge is 0.119 e. The summed E-state index contributed by atoms with van der Waals surface area (Å²) in [5.41, 5.74) is 0. The van der Waals surface area contributed by atoms with Crippen LogP contribution in [0.15, 0.2) is 0 Å². The van der Waals surface area contributed by atoms with Gasteiger partial charge in [-0.25, -0.2) is 0 Å². The molecule has 0 aliphatic heterocycles. The molecule has 0 aromatic heterocycles. The van der Waals surface area contributed by atoms with Crippen molar-refractivity contribution in [1.29, 1.82) is 0 Å². The number of carbonyl (C=O) groups is 1. The first kappa shape index (κ1) is 15.9. The first-order chi connectivity index (χ1) is 6.08. The fraction of sp³-hybridized carbons (Fsp3) is 0.833. The predicted octanol–water partition coefficient (Wildman–Crippen LogP) is 1.73. The van der Waals surface area contributed by atoms with E-state index in [9.17, 15) is 9.36 Å². The van der Waals surface area contributed by atoms with Crippen molar-refractivity contribution < 1.29 is 47.6 Å². The summed E-state index contributed by atoms with van der Waals surface area (Å²) in [5, 5.41) is 0. The van der Waals surface area contributed by atoms with E-state index in [0.717, 1.165) is 0 Å². The topological polar surface area (TPSA) is 61.8 Å². The standard InChI is InChI=1S/C4H10O3P.C2H4O2.Hg/c1-3-6-8(5)7-4-2;1-2(3)4;/h3-4H2,1-2H3;1H3,(H,3,4);/q+1;;+1/p-1. The van der Waals surface area contributed by atoms with Crippen LogP contribution in [-0.4, -0.2) is 19.2 Å². The third kappa shape index (κ3) is 19.0. The molecule has 13 heavy (non-hydrogen) atoms. The predicted molar refractivity (Wildman–Crippen MR) is 42.6 cm³/mol. The number of hydrogen-bond donors (Lipinski definition) is 0. The molecule has 0 unspecified atom stereocenters. The third-order valence-electron chi connectivity index (χ3n) is 0.672. The van der Waals surface area contributed by atoms with Crippen molar-refractivity contribution in [3.05, 3.63) is 0 Å². The van der Waals surface area contributed by atoms with Crippen LogP contribution < -0.4 is 0 Å². The maximum Gasteiger partial charge on any atom is 0.697 e. The Morgan fingerprint density at radius 3 is 1.77 bits per heavy atom. The minimum atomic E-state index is -1.83. The van der Waals surface area contributed by atoms with Crippen molar-refractivity contribution >= 4 is 14.2 Å². The molecule has 0 spiro atoms. The second kappa shape index (κ2) is 12.4. The van der Waals surface area contributed by atoms with Gasteiger partial charge in [-0.3, -0.25) is 0 Å². The Hall–Kier alpha value is 0.425. The van der Waals surface area contributed by atoms with E-state index < -0.39 is 8.25 Å². The van der Waals surface area contributed by atoms with Gasteiger partial charge in [0.05, 0.1) is 0 Å². The van der Waals surface area contributed by atoms with Crippen LogP contribution in [0.25, 0.3) is 0 Å². The average Bonchev–Trinajstić information content (AvgIpc) is 2.06. The average molecular weight is 397 g/mol. The summed E-state index contributed by atoms with van der Waals surface area (Å²) < 4.78 is 23.8. The monoisotopic (exact) mass is 398 g/mol. The molecule has 0 bridgehead atoms. The van der Waals surface area contributed by atoms with Crippen molar-refractivity contribution in [1.82, 2.24) is 0 Å². The Labute approximate surface area is 95.7 Å². The van der Waals surface area contributed by atoms with Gasteiger partial charge in [0.2, 0.25) is 0 Å². The summed E-state index contributed by atoms with van der Waals surface area (Å²) >= 11 is 0.194. The SMILES string of the molecule is CC(=O)[O][Hg].CCO[P+](=O)OCC. The summed E-state index contributed by atoms with van der Waals surface area (Å²) in [6.45, 7) is 5.83. The molecule has 0 heterocycles. The van der Waals surface area contributed by atoms with Crippen LogP contribution in [0.3, 0.4) is 0 Å². The Kier molecular flexibility index (Phi) is 15.2. The van der Waals surface area contributed by atoms with E-state index in [2.05, 4.69) is 11.7 Å². The van der Waals surface area contributed by atoms with Gasteiger partial charge in [-0.15, -0.1) is 9.05 Å². The Bertz CT molecular complexity index is 144. The van der Waals surface area contributed by atoms with Crippen LogP contribution in [0, 0.1) is 0 Å². The fourth-order valence-corrected chi connectivity index (χ4v) is 0.744. The summed E-state index contributed by atoms with van der Waals surface area (Å²) in [6, 6.07) is 0. The third-order valence-corrected chi connectivity index (χ3v) is 3.19. The van der Waals surface area contributed by atoms with Gasteiger partial charge < -0.3 is 0 Å². The molecule has 0 aliphatic carbocycles. The Morgan fingerprint density at radius 2 is 1.62 bits per heavy atom. The van der Waals surface area contributed by atoms with Crippen LogP contribution >= 0.6 is 8.25 Å². The number of rotatable bonds is 4. The molecule has 0 amide bonds. The van der Waals surface area contributed by atoms with E-state index in [1.807, 2.05) is 0 Å². The van der Waals surface area contributed by atoms with Gasteiger partial charge >= 0.3 is 55.2 Å². The Balaban J connectivity index is 0. The van der Waals surface area contributed by atoms with Crippen molar-refractivity contribution in [2.75, 3.05) is 13.2 Å². The quantitative estimate of drug-likeness (QED) is 0.535. The maximum absolute atomic E-state index is 10.3. The van der Waals surface area contributed by atoms with Crippen LogP contribution in [0.1, 0.15) is 20.8 Å². The zero-order valence-electron chi connectivity index (χ0n) is 8.11. The molecule has 0 saturated carbocycles. The van der Waals surface area contributed by atoms with Gasteiger partial charge in [-0.05, 0) is 13.8 Å². The first-order valence-electron chi connectivity index (χ1n) is 3.74. The van der Waals surface area contributed by atoms with E-state index in [1.165, 1.54) is 6.92 Å². The van der Waals surface area contributed by atoms with Gasteiger partial charge in [0, 0.05) is 4.57 Å². The summed E-state index contributed by atoms with van der Waals surface area (Å²) in [4.78, 5) is 9.64. The molecule has 0 aliphatic rings. The van der Waals surface area contributed by atoms with Crippen molar-refractivity contribution in [3.63, 3.8) is 0 Å². The zero-order valence-corrected chi connectivity index (χ0v) is 14.5. The molecule has 73 valence electrons. The first-order valence-corrected chi connectivity index (χ1v) is 7.08. The van der Waals surface area contributed by atoms with Gasteiger partial charge in [0.1, 0.15) is 13.2 Å². The van der Waals surface area contributed by atoms with Gasteiger partial charge in [0.25, 0.3) is 0 Å². The molecular formula is C6H13HgO5P+. The van der Waals surface area contributed by atoms with Crippen molar-refractivity contribution in [3.8, 4) is 0 Å². The molecule has 0 aromatic rings. The van der Waals surface area contributed by atoms with Crippen LogP contribution in [0.5, 0.6) is 0 Å². The molecule has 5 nitrogen and oxygen atoms in total. The van der Waals surface area contributed by atoms with Gasteiger partial charge in [0.15, 0.2) is 0 Å². The second-order valence-electron chi connectivity index (χ2n) is 1.70. The largest absolute Gasteiger partial charge is 0.697 e. The van der Waals surface area contributed by atoms with Gasteiger partial charge in [-0.2, -0.15) is 0 Å². The van der Waals surface area contributed by atoms with E-state index in [1.54, 1.807) is 13.8 Å². The minimum absolute atomic E-state index is 0.159. The van der Waals surface area contributed by atoms with E-state index in [4.69, 9.17) is 0 Å². The molecule has 0 rings (SSSR count). The molecule has 0 fully saturated rings. The molecule has 7 heteroatoms. The molecule has 0 saturated heterocycles. The summed E-state index contributed by atoms with van der Waals surface area (Å²) in [6.07, 6.45) is 0. The van der Waals surface area contributed by atoms with E-state index >= 15 is 0 Å². The summed E-state index contributed by atoms with van der Waals surface area (Å²) in [5.74, 6) is -0.159. The second-order valence-corrected chi connectivity index (χ2v) is 3.78. The molecule has 0 N–H and O–H groups in total.